The minimum Gasteiger partial charge on any atom is -0.350 e. The first-order chi connectivity index (χ1) is 11.3. The van der Waals surface area contributed by atoms with Crippen molar-refractivity contribution in [3.63, 3.8) is 0 Å². The van der Waals surface area contributed by atoms with Gasteiger partial charge in [0.15, 0.2) is 5.82 Å². The van der Waals surface area contributed by atoms with Crippen LogP contribution in [0.2, 0.25) is 0 Å². The molecular weight excluding hydrogens is 310 g/mol. The van der Waals surface area contributed by atoms with E-state index in [9.17, 15) is 4.79 Å². The molecule has 4 rings (SSSR count). The average molecular weight is 327 g/mol. The van der Waals surface area contributed by atoms with Crippen molar-refractivity contribution in [2.45, 2.75) is 31.6 Å². The number of fused-ring (bicyclic) bond motifs is 1. The Morgan fingerprint density at radius 2 is 2.09 bits per heavy atom. The van der Waals surface area contributed by atoms with Gasteiger partial charge in [0.2, 0.25) is 9.97 Å². The van der Waals surface area contributed by atoms with E-state index in [4.69, 9.17) is 0 Å². The van der Waals surface area contributed by atoms with Crippen LogP contribution < -0.4 is 5.32 Å². The van der Waals surface area contributed by atoms with Crippen molar-refractivity contribution in [3.8, 4) is 0 Å². The summed E-state index contributed by atoms with van der Waals surface area (Å²) in [6, 6.07) is 10.3. The Morgan fingerprint density at radius 3 is 2.87 bits per heavy atom. The highest BCUT2D eigenvalue weighted by Crippen LogP contribution is 2.39. The number of benzene rings is 1. The molecule has 118 valence electrons. The summed E-state index contributed by atoms with van der Waals surface area (Å²) in [7, 11) is 0. The Bertz CT molecular complexity index is 821. The number of carbonyl (C=O) groups excluding carboxylic acids is 1. The van der Waals surface area contributed by atoms with Crippen LogP contribution in [0, 0.1) is 0 Å². The average Bonchev–Trinajstić information content (AvgIpc) is 3.20. The Morgan fingerprint density at radius 1 is 1.26 bits per heavy atom. The fourth-order valence-corrected chi connectivity index (χ4v) is 3.30. The van der Waals surface area contributed by atoms with Crippen molar-refractivity contribution < 1.29 is 4.79 Å². The summed E-state index contributed by atoms with van der Waals surface area (Å²) in [4.78, 5) is 12.9. The van der Waals surface area contributed by atoms with Gasteiger partial charge in [-0.2, -0.15) is 4.52 Å². The normalized spacial score (nSPS) is 14.3. The summed E-state index contributed by atoms with van der Waals surface area (Å²) < 4.78 is 1.72. The van der Waals surface area contributed by atoms with Crippen molar-refractivity contribution in [1.82, 2.24) is 25.1 Å². The molecule has 7 heteroatoms. The number of nitrogens with zero attached hydrogens (tertiary/aromatic N) is 4. The molecule has 0 spiro atoms. The monoisotopic (exact) mass is 327 g/mol. The van der Waals surface area contributed by atoms with Gasteiger partial charge in [-0.1, -0.05) is 41.7 Å². The van der Waals surface area contributed by atoms with E-state index in [1.54, 1.807) is 4.52 Å². The van der Waals surface area contributed by atoms with Crippen molar-refractivity contribution in [2.75, 3.05) is 6.54 Å². The molecule has 1 amide bonds. The zero-order valence-corrected chi connectivity index (χ0v) is 13.4. The first-order valence-corrected chi connectivity index (χ1v) is 8.67. The second-order valence-corrected chi connectivity index (χ2v) is 6.74. The number of amides is 1. The molecule has 1 N–H and O–H groups in total. The fourth-order valence-electron chi connectivity index (χ4n) is 2.53. The van der Waals surface area contributed by atoms with Gasteiger partial charge in [0.1, 0.15) is 0 Å². The van der Waals surface area contributed by atoms with E-state index in [0.29, 0.717) is 22.4 Å². The number of hydrogen-bond donors (Lipinski definition) is 1. The molecule has 3 aromatic rings. The van der Waals surface area contributed by atoms with Gasteiger partial charge in [0, 0.05) is 12.5 Å². The molecule has 6 nitrogen and oxygen atoms in total. The fraction of sp³-hybridized carbons (Fsp3) is 0.375. The van der Waals surface area contributed by atoms with Crippen LogP contribution >= 0.6 is 11.3 Å². The Labute approximate surface area is 137 Å². The maximum absolute atomic E-state index is 12.2. The first kappa shape index (κ1) is 14.3. The molecule has 0 saturated heterocycles. The van der Waals surface area contributed by atoms with Gasteiger partial charge in [-0.3, -0.25) is 4.79 Å². The SMILES string of the molecule is O=C(NCCCc1ccccc1)c1nn2c(C3CC3)nnc2s1. The van der Waals surface area contributed by atoms with Crippen LogP contribution in [0.25, 0.3) is 4.96 Å². The molecule has 0 atom stereocenters. The lowest BCUT2D eigenvalue weighted by Gasteiger charge is -2.03. The van der Waals surface area contributed by atoms with Crippen LogP contribution in [0.5, 0.6) is 0 Å². The van der Waals surface area contributed by atoms with Crippen LogP contribution in [0.3, 0.4) is 0 Å². The van der Waals surface area contributed by atoms with Gasteiger partial charge in [-0.05, 0) is 31.2 Å². The standard InChI is InChI=1S/C16H17N5OS/c22-14(17-10-4-7-11-5-2-1-3-6-11)15-20-21-13(12-8-9-12)18-19-16(21)23-15/h1-3,5-6,12H,4,7-10H2,(H,17,22). The van der Waals surface area contributed by atoms with Gasteiger partial charge >= 0.3 is 0 Å². The summed E-state index contributed by atoms with van der Waals surface area (Å²) in [6.07, 6.45) is 4.14. The van der Waals surface area contributed by atoms with Crippen LogP contribution in [0.4, 0.5) is 0 Å². The smallest absolute Gasteiger partial charge is 0.282 e. The minimum atomic E-state index is -0.129. The lowest BCUT2D eigenvalue weighted by Crippen LogP contribution is -2.24. The molecule has 0 bridgehead atoms. The lowest BCUT2D eigenvalue weighted by molar-refractivity contribution is 0.0951. The summed E-state index contributed by atoms with van der Waals surface area (Å²) >= 11 is 1.29. The van der Waals surface area contributed by atoms with Crippen molar-refractivity contribution in [2.24, 2.45) is 0 Å². The van der Waals surface area contributed by atoms with Crippen LogP contribution in [0.1, 0.15) is 46.4 Å². The van der Waals surface area contributed by atoms with Crippen LogP contribution in [0.15, 0.2) is 30.3 Å². The zero-order chi connectivity index (χ0) is 15.6. The molecule has 1 fully saturated rings. The summed E-state index contributed by atoms with van der Waals surface area (Å²) in [5, 5.41) is 16.0. The Hall–Kier alpha value is -2.28. The quantitative estimate of drug-likeness (QED) is 0.706. The second-order valence-electron chi connectivity index (χ2n) is 5.78. The predicted molar refractivity (Wildman–Crippen MR) is 87.7 cm³/mol. The Kier molecular flexibility index (Phi) is 3.78. The molecule has 2 aromatic heterocycles. The van der Waals surface area contributed by atoms with Gasteiger partial charge in [-0.25, -0.2) is 0 Å². The first-order valence-electron chi connectivity index (χ1n) is 7.85. The summed E-state index contributed by atoms with van der Waals surface area (Å²) in [5.74, 6) is 1.23. The number of aryl methyl sites for hydroxylation is 1. The summed E-state index contributed by atoms with van der Waals surface area (Å²) in [6.45, 7) is 0.642. The van der Waals surface area contributed by atoms with E-state index in [0.717, 1.165) is 31.5 Å². The van der Waals surface area contributed by atoms with E-state index in [2.05, 4.69) is 32.7 Å². The van der Waals surface area contributed by atoms with E-state index in [1.807, 2.05) is 18.2 Å². The van der Waals surface area contributed by atoms with E-state index in [1.165, 1.54) is 16.9 Å². The second kappa shape index (κ2) is 6.08. The van der Waals surface area contributed by atoms with Crippen LogP contribution in [-0.2, 0) is 6.42 Å². The molecule has 0 aliphatic heterocycles. The maximum atomic E-state index is 12.2. The van der Waals surface area contributed by atoms with Crippen LogP contribution in [-0.4, -0.2) is 32.3 Å². The van der Waals surface area contributed by atoms with Gasteiger partial charge < -0.3 is 5.32 Å². The molecule has 1 saturated carbocycles. The largest absolute Gasteiger partial charge is 0.350 e. The summed E-state index contributed by atoms with van der Waals surface area (Å²) in [5.41, 5.74) is 1.29. The minimum absolute atomic E-state index is 0.129. The molecule has 2 heterocycles. The van der Waals surface area contributed by atoms with Crippen molar-refractivity contribution in [3.05, 3.63) is 46.7 Å². The van der Waals surface area contributed by atoms with Gasteiger partial charge in [0.05, 0.1) is 0 Å². The topological polar surface area (TPSA) is 72.2 Å². The highest BCUT2D eigenvalue weighted by atomic mass is 32.1. The molecule has 1 aliphatic rings. The predicted octanol–water partition coefficient (Wildman–Crippen LogP) is 2.43. The number of aromatic nitrogens is 4. The molecule has 23 heavy (non-hydrogen) atoms. The molecule has 0 unspecified atom stereocenters. The lowest BCUT2D eigenvalue weighted by atomic mass is 10.1. The molecule has 1 aromatic carbocycles. The van der Waals surface area contributed by atoms with E-state index < -0.39 is 0 Å². The number of rotatable bonds is 6. The maximum Gasteiger partial charge on any atom is 0.282 e. The van der Waals surface area contributed by atoms with E-state index >= 15 is 0 Å². The molecular formula is C16H17N5OS. The van der Waals surface area contributed by atoms with Crippen molar-refractivity contribution >= 4 is 22.2 Å². The third kappa shape index (κ3) is 3.10. The molecule has 0 radical (unpaired) electrons. The number of nitrogens with one attached hydrogen (secondary N) is 1. The third-order valence-corrected chi connectivity index (χ3v) is 4.82. The van der Waals surface area contributed by atoms with Crippen molar-refractivity contribution in [1.29, 1.82) is 0 Å². The highest BCUT2D eigenvalue weighted by Gasteiger charge is 2.30. The molecule has 1 aliphatic carbocycles. The Balaban J connectivity index is 1.34. The highest BCUT2D eigenvalue weighted by molar-refractivity contribution is 7.18. The number of carbonyl (C=O) groups is 1. The zero-order valence-electron chi connectivity index (χ0n) is 12.6. The van der Waals surface area contributed by atoms with Gasteiger partial charge in [-0.15, -0.1) is 15.3 Å². The van der Waals surface area contributed by atoms with E-state index in [-0.39, 0.29) is 5.91 Å². The van der Waals surface area contributed by atoms with Gasteiger partial charge in [0.25, 0.3) is 5.91 Å². The third-order valence-electron chi connectivity index (χ3n) is 3.92. The number of hydrogen-bond acceptors (Lipinski definition) is 5.